The molecule has 3 unspecified atom stereocenters. The first-order chi connectivity index (χ1) is 14.4. The van der Waals surface area contributed by atoms with E-state index in [2.05, 4.69) is 43.2 Å². The molecule has 4 nitrogen and oxygen atoms in total. The summed E-state index contributed by atoms with van der Waals surface area (Å²) in [5.74, 6) is 0.755. The van der Waals surface area contributed by atoms with Gasteiger partial charge < -0.3 is 10.2 Å². The highest BCUT2D eigenvalue weighted by Crippen LogP contribution is 2.34. The Labute approximate surface area is 182 Å². The maximum absolute atomic E-state index is 13.9. The van der Waals surface area contributed by atoms with Crippen LogP contribution in [0.3, 0.4) is 0 Å². The van der Waals surface area contributed by atoms with Crippen molar-refractivity contribution in [2.75, 3.05) is 25.0 Å². The third kappa shape index (κ3) is 5.44. The van der Waals surface area contributed by atoms with Gasteiger partial charge in [0.05, 0.1) is 10.1 Å². The van der Waals surface area contributed by atoms with Crippen LogP contribution >= 0.6 is 0 Å². The molecule has 1 aliphatic rings. The summed E-state index contributed by atoms with van der Waals surface area (Å²) in [6, 6.07) is 19.2. The molecule has 3 atom stereocenters. The number of sulfone groups is 1. The predicted octanol–water partition coefficient (Wildman–Crippen LogP) is 4.77. The van der Waals surface area contributed by atoms with Crippen molar-refractivity contribution in [3.63, 3.8) is 0 Å². The summed E-state index contributed by atoms with van der Waals surface area (Å²) in [5, 5.41) is 3.06. The Bertz CT molecular complexity index is 863. The second-order valence-corrected chi connectivity index (χ2v) is 11.1. The van der Waals surface area contributed by atoms with Gasteiger partial charge in [-0.2, -0.15) is 0 Å². The van der Waals surface area contributed by atoms with Crippen molar-refractivity contribution in [1.82, 2.24) is 5.32 Å². The van der Waals surface area contributed by atoms with Crippen LogP contribution in [0.5, 0.6) is 0 Å². The van der Waals surface area contributed by atoms with Gasteiger partial charge in [0, 0.05) is 18.8 Å². The van der Waals surface area contributed by atoms with Crippen molar-refractivity contribution < 1.29 is 8.42 Å². The zero-order valence-corrected chi connectivity index (χ0v) is 19.3. The normalized spacial score (nSPS) is 19.4. The third-order valence-electron chi connectivity index (χ3n) is 6.31. The largest absolute Gasteiger partial charge is 0.370 e. The van der Waals surface area contributed by atoms with E-state index in [1.807, 2.05) is 36.4 Å². The number of anilines is 1. The van der Waals surface area contributed by atoms with E-state index in [1.165, 1.54) is 0 Å². The van der Waals surface area contributed by atoms with Gasteiger partial charge >= 0.3 is 0 Å². The number of para-hydroxylation sites is 1. The lowest BCUT2D eigenvalue weighted by Gasteiger charge is -2.42. The zero-order valence-electron chi connectivity index (χ0n) is 18.5. The van der Waals surface area contributed by atoms with Crippen LogP contribution in [0.4, 0.5) is 5.69 Å². The van der Waals surface area contributed by atoms with Crippen LogP contribution in [-0.4, -0.2) is 39.8 Å². The summed E-state index contributed by atoms with van der Waals surface area (Å²) in [6.07, 6.45) is 3.71. The SMILES string of the molecule is CC(C)CCC(C(C1CCCNC1)N(C)c1ccccc1)S(=O)(=O)c1ccccc1. The molecule has 1 saturated heterocycles. The molecule has 1 N–H and O–H groups in total. The number of nitrogens with zero attached hydrogens (tertiary/aromatic N) is 1. The molecule has 0 bridgehead atoms. The molecule has 3 rings (SSSR count). The van der Waals surface area contributed by atoms with Crippen molar-refractivity contribution in [2.24, 2.45) is 11.8 Å². The monoisotopic (exact) mass is 428 g/mol. The van der Waals surface area contributed by atoms with Gasteiger partial charge in [-0.25, -0.2) is 8.42 Å². The van der Waals surface area contributed by atoms with Gasteiger partial charge in [0.2, 0.25) is 0 Å². The van der Waals surface area contributed by atoms with Crippen LogP contribution < -0.4 is 10.2 Å². The molecule has 30 heavy (non-hydrogen) atoms. The smallest absolute Gasteiger partial charge is 0.183 e. The minimum Gasteiger partial charge on any atom is -0.370 e. The molecule has 0 spiro atoms. The summed E-state index contributed by atoms with van der Waals surface area (Å²) in [5.41, 5.74) is 1.07. The van der Waals surface area contributed by atoms with E-state index in [0.29, 0.717) is 23.2 Å². The topological polar surface area (TPSA) is 49.4 Å². The molecule has 2 aromatic rings. The molecular formula is C25H36N2O2S. The second kappa shape index (κ2) is 10.5. The molecule has 1 heterocycles. The van der Waals surface area contributed by atoms with E-state index < -0.39 is 15.1 Å². The highest BCUT2D eigenvalue weighted by atomic mass is 32.2. The Morgan fingerprint density at radius 3 is 2.20 bits per heavy atom. The fourth-order valence-corrected chi connectivity index (χ4v) is 6.77. The highest BCUT2D eigenvalue weighted by molar-refractivity contribution is 7.92. The first-order valence-corrected chi connectivity index (χ1v) is 12.7. The molecule has 0 aliphatic carbocycles. The van der Waals surface area contributed by atoms with Gasteiger partial charge in [-0.1, -0.05) is 50.2 Å². The lowest BCUT2D eigenvalue weighted by atomic mass is 9.86. The van der Waals surface area contributed by atoms with E-state index in [9.17, 15) is 8.42 Å². The van der Waals surface area contributed by atoms with Crippen molar-refractivity contribution in [1.29, 1.82) is 0 Å². The van der Waals surface area contributed by atoms with E-state index >= 15 is 0 Å². The Morgan fingerprint density at radius 2 is 1.63 bits per heavy atom. The van der Waals surface area contributed by atoms with E-state index in [0.717, 1.165) is 38.0 Å². The van der Waals surface area contributed by atoms with Gasteiger partial charge in [-0.15, -0.1) is 0 Å². The maximum atomic E-state index is 13.9. The Kier molecular flexibility index (Phi) is 7.95. The van der Waals surface area contributed by atoms with Gasteiger partial charge in [0.1, 0.15) is 0 Å². The number of piperidine rings is 1. The number of hydrogen-bond donors (Lipinski definition) is 1. The number of hydrogen-bond acceptors (Lipinski definition) is 4. The Hall–Kier alpha value is -1.85. The summed E-state index contributed by atoms with van der Waals surface area (Å²) >= 11 is 0. The molecule has 0 amide bonds. The molecule has 164 valence electrons. The van der Waals surface area contributed by atoms with Crippen LogP contribution in [0.15, 0.2) is 65.6 Å². The van der Waals surface area contributed by atoms with Crippen molar-refractivity contribution in [3.8, 4) is 0 Å². The third-order valence-corrected chi connectivity index (χ3v) is 8.55. The number of nitrogens with one attached hydrogen (secondary N) is 1. The van der Waals surface area contributed by atoms with Crippen molar-refractivity contribution >= 4 is 15.5 Å². The predicted molar refractivity (Wildman–Crippen MR) is 126 cm³/mol. The average molecular weight is 429 g/mol. The van der Waals surface area contributed by atoms with E-state index in [1.54, 1.807) is 12.1 Å². The summed E-state index contributed by atoms with van der Waals surface area (Å²) in [4.78, 5) is 2.66. The highest BCUT2D eigenvalue weighted by Gasteiger charge is 2.41. The van der Waals surface area contributed by atoms with Gasteiger partial charge in [0.25, 0.3) is 0 Å². The van der Waals surface area contributed by atoms with Crippen LogP contribution in [0.25, 0.3) is 0 Å². The molecule has 1 fully saturated rings. The standard InChI is InChI=1S/C25H36N2O2S/c1-20(2)16-17-24(30(28,29)23-14-8-5-9-15-23)25(21-11-10-18-26-19-21)27(3)22-12-6-4-7-13-22/h4-9,12-15,20-21,24-26H,10-11,16-19H2,1-3H3. The molecular weight excluding hydrogens is 392 g/mol. The molecule has 2 aromatic carbocycles. The molecule has 0 aromatic heterocycles. The fourth-order valence-electron chi connectivity index (χ4n) is 4.67. The van der Waals surface area contributed by atoms with Gasteiger partial charge in [-0.05, 0) is 74.9 Å². The summed E-state index contributed by atoms with van der Waals surface area (Å²) < 4.78 is 27.8. The van der Waals surface area contributed by atoms with Crippen molar-refractivity contribution in [2.45, 2.75) is 55.7 Å². The summed E-state index contributed by atoms with van der Waals surface area (Å²) in [6.45, 7) is 6.22. The first-order valence-electron chi connectivity index (χ1n) is 11.2. The minimum atomic E-state index is -3.47. The minimum absolute atomic E-state index is 0.0795. The van der Waals surface area contributed by atoms with E-state index in [4.69, 9.17) is 0 Å². The van der Waals surface area contributed by atoms with E-state index in [-0.39, 0.29) is 6.04 Å². The van der Waals surface area contributed by atoms with Crippen LogP contribution in [-0.2, 0) is 9.84 Å². The molecule has 0 radical (unpaired) electrons. The Balaban J connectivity index is 2.05. The van der Waals surface area contributed by atoms with Crippen LogP contribution in [0.1, 0.15) is 39.5 Å². The van der Waals surface area contributed by atoms with Gasteiger partial charge in [-0.3, -0.25) is 0 Å². The average Bonchev–Trinajstić information content (AvgIpc) is 2.77. The molecule has 5 heteroatoms. The number of rotatable bonds is 9. The first kappa shape index (κ1) is 22.8. The Morgan fingerprint density at radius 1 is 1.00 bits per heavy atom. The molecule has 0 saturated carbocycles. The summed E-state index contributed by atoms with van der Waals surface area (Å²) in [7, 11) is -1.40. The quantitative estimate of drug-likeness (QED) is 0.625. The lowest BCUT2D eigenvalue weighted by molar-refractivity contribution is 0.297. The fraction of sp³-hybridized carbons (Fsp3) is 0.520. The number of benzene rings is 2. The zero-order chi connectivity index (χ0) is 21.6. The molecule has 1 aliphatic heterocycles. The second-order valence-electron chi connectivity index (χ2n) is 8.91. The van der Waals surface area contributed by atoms with Crippen LogP contribution in [0, 0.1) is 11.8 Å². The maximum Gasteiger partial charge on any atom is 0.183 e. The van der Waals surface area contributed by atoms with Gasteiger partial charge in [0.15, 0.2) is 9.84 Å². The van der Waals surface area contributed by atoms with Crippen molar-refractivity contribution in [3.05, 3.63) is 60.7 Å². The van der Waals surface area contributed by atoms with Crippen LogP contribution in [0.2, 0.25) is 0 Å². The lowest BCUT2D eigenvalue weighted by Crippen LogP contribution is -2.53.